The maximum atomic E-state index is 12.4. The summed E-state index contributed by atoms with van der Waals surface area (Å²) in [5.41, 5.74) is 1.44. The Morgan fingerprint density at radius 2 is 1.95 bits per heavy atom. The molecule has 0 saturated carbocycles. The van der Waals surface area contributed by atoms with Crippen LogP contribution in [0.3, 0.4) is 0 Å². The maximum Gasteiger partial charge on any atom is 0.255 e. The van der Waals surface area contributed by atoms with Crippen LogP contribution < -0.4 is 0 Å². The van der Waals surface area contributed by atoms with Gasteiger partial charge >= 0.3 is 0 Å². The topological polar surface area (TPSA) is 33.2 Å². The number of nitrogens with zero attached hydrogens (tertiary/aromatic N) is 2. The Morgan fingerprint density at radius 3 is 2.55 bits per heavy atom. The van der Waals surface area contributed by atoms with Gasteiger partial charge in [-0.05, 0) is 30.7 Å². The van der Waals surface area contributed by atoms with Crippen molar-refractivity contribution in [3.8, 4) is 0 Å². The van der Waals surface area contributed by atoms with Gasteiger partial charge in [0, 0.05) is 24.3 Å². The zero-order valence-electron chi connectivity index (χ0n) is 11.0. The molecule has 0 radical (unpaired) electrons. The quantitative estimate of drug-likeness (QED) is 0.798. The lowest BCUT2D eigenvalue weighted by Crippen LogP contribution is -2.30. The summed E-state index contributed by atoms with van der Waals surface area (Å²) in [6.45, 7) is 2.99. The van der Waals surface area contributed by atoms with Crippen molar-refractivity contribution < 1.29 is 4.79 Å². The molecule has 3 nitrogen and oxygen atoms in total. The van der Waals surface area contributed by atoms with Crippen LogP contribution in [0.4, 0.5) is 0 Å². The summed E-state index contributed by atoms with van der Waals surface area (Å²) >= 11 is 11.9. The van der Waals surface area contributed by atoms with E-state index in [0.717, 1.165) is 5.56 Å². The van der Waals surface area contributed by atoms with Crippen molar-refractivity contribution in [1.29, 1.82) is 0 Å². The van der Waals surface area contributed by atoms with Crippen LogP contribution in [0.25, 0.3) is 0 Å². The van der Waals surface area contributed by atoms with Gasteiger partial charge in [0.1, 0.15) is 5.15 Å². The maximum absolute atomic E-state index is 12.4. The lowest BCUT2D eigenvalue weighted by Gasteiger charge is -2.21. The van der Waals surface area contributed by atoms with Gasteiger partial charge in [0.2, 0.25) is 0 Å². The lowest BCUT2D eigenvalue weighted by atomic mass is 10.2. The Kier molecular flexibility index (Phi) is 4.99. The molecular weight excluding hydrogens is 295 g/mol. The van der Waals surface area contributed by atoms with Crippen molar-refractivity contribution in [1.82, 2.24) is 9.88 Å². The molecule has 0 aliphatic heterocycles. The Morgan fingerprint density at radius 1 is 1.20 bits per heavy atom. The Labute approximate surface area is 128 Å². The number of aromatic nitrogens is 1. The molecule has 1 heterocycles. The van der Waals surface area contributed by atoms with Crippen LogP contribution in [-0.4, -0.2) is 22.3 Å². The number of rotatable bonds is 4. The fraction of sp³-hybridized carbons (Fsp3) is 0.200. The highest BCUT2D eigenvalue weighted by Crippen LogP contribution is 2.18. The fourth-order valence-corrected chi connectivity index (χ4v) is 2.15. The van der Waals surface area contributed by atoms with E-state index in [1.807, 2.05) is 31.2 Å². The average Bonchev–Trinajstić information content (AvgIpc) is 2.46. The zero-order chi connectivity index (χ0) is 14.5. The summed E-state index contributed by atoms with van der Waals surface area (Å²) in [5, 5.41) is 1.03. The van der Waals surface area contributed by atoms with E-state index in [0.29, 0.717) is 28.8 Å². The molecule has 2 rings (SSSR count). The molecule has 1 aromatic carbocycles. The summed E-state index contributed by atoms with van der Waals surface area (Å²) in [4.78, 5) is 18.1. The third-order valence-corrected chi connectivity index (χ3v) is 3.55. The van der Waals surface area contributed by atoms with Crippen molar-refractivity contribution >= 4 is 29.1 Å². The molecule has 5 heteroatoms. The van der Waals surface area contributed by atoms with Gasteiger partial charge in [0.05, 0.1) is 5.56 Å². The normalized spacial score (nSPS) is 10.3. The summed E-state index contributed by atoms with van der Waals surface area (Å²) in [6.07, 6.45) is 1.49. The van der Waals surface area contributed by atoms with Crippen molar-refractivity contribution in [3.05, 3.63) is 63.9 Å². The second-order valence-corrected chi connectivity index (χ2v) is 5.07. The monoisotopic (exact) mass is 308 g/mol. The smallest absolute Gasteiger partial charge is 0.255 e. The molecule has 0 spiro atoms. The van der Waals surface area contributed by atoms with E-state index < -0.39 is 0 Å². The van der Waals surface area contributed by atoms with Crippen LogP contribution in [0, 0.1) is 0 Å². The third-order valence-electron chi connectivity index (χ3n) is 2.96. The van der Waals surface area contributed by atoms with E-state index in [4.69, 9.17) is 23.2 Å². The molecule has 0 bridgehead atoms. The van der Waals surface area contributed by atoms with Crippen LogP contribution in [0.5, 0.6) is 0 Å². The van der Waals surface area contributed by atoms with Gasteiger partial charge in [0.25, 0.3) is 5.91 Å². The second-order valence-electron chi connectivity index (χ2n) is 4.28. The van der Waals surface area contributed by atoms with E-state index in [9.17, 15) is 4.79 Å². The van der Waals surface area contributed by atoms with E-state index in [1.165, 1.54) is 6.20 Å². The van der Waals surface area contributed by atoms with E-state index in [1.54, 1.807) is 17.0 Å². The van der Waals surface area contributed by atoms with Crippen molar-refractivity contribution in [2.24, 2.45) is 0 Å². The molecule has 20 heavy (non-hydrogen) atoms. The standard InChI is InChI=1S/C15H14Cl2N2O/c1-2-19(10-12-5-3-4-6-13(12)16)15(20)11-7-8-14(17)18-9-11/h3-9H,2,10H2,1H3. The Hall–Kier alpha value is -1.58. The molecule has 1 aromatic heterocycles. The average molecular weight is 309 g/mol. The summed E-state index contributed by atoms with van der Waals surface area (Å²) in [7, 11) is 0. The molecule has 2 aromatic rings. The minimum Gasteiger partial charge on any atom is -0.334 e. The van der Waals surface area contributed by atoms with Crippen LogP contribution in [0.15, 0.2) is 42.6 Å². The summed E-state index contributed by atoms with van der Waals surface area (Å²) < 4.78 is 0. The first-order valence-corrected chi connectivity index (χ1v) is 7.01. The highest BCUT2D eigenvalue weighted by atomic mass is 35.5. The van der Waals surface area contributed by atoms with Crippen LogP contribution in [0.1, 0.15) is 22.8 Å². The number of amides is 1. The minimum absolute atomic E-state index is 0.0865. The Balaban J connectivity index is 2.18. The van der Waals surface area contributed by atoms with Crippen LogP contribution >= 0.6 is 23.2 Å². The van der Waals surface area contributed by atoms with Crippen molar-refractivity contribution in [3.63, 3.8) is 0 Å². The first kappa shape index (κ1) is 14.8. The molecule has 0 fully saturated rings. The molecule has 104 valence electrons. The van der Waals surface area contributed by atoms with Gasteiger partial charge in [-0.25, -0.2) is 4.98 Å². The molecule has 1 amide bonds. The highest BCUT2D eigenvalue weighted by molar-refractivity contribution is 6.31. The zero-order valence-corrected chi connectivity index (χ0v) is 12.5. The van der Waals surface area contributed by atoms with Gasteiger partial charge < -0.3 is 4.90 Å². The second kappa shape index (κ2) is 6.73. The van der Waals surface area contributed by atoms with Crippen molar-refractivity contribution in [2.75, 3.05) is 6.54 Å². The molecule has 0 aliphatic rings. The fourth-order valence-electron chi connectivity index (χ4n) is 1.84. The molecule has 0 saturated heterocycles. The van der Waals surface area contributed by atoms with E-state index >= 15 is 0 Å². The van der Waals surface area contributed by atoms with Gasteiger partial charge in [-0.3, -0.25) is 4.79 Å². The molecule has 0 aliphatic carbocycles. The number of halogens is 2. The van der Waals surface area contributed by atoms with Crippen LogP contribution in [-0.2, 0) is 6.54 Å². The van der Waals surface area contributed by atoms with Gasteiger partial charge in [-0.1, -0.05) is 41.4 Å². The number of pyridine rings is 1. The van der Waals surface area contributed by atoms with E-state index in [2.05, 4.69) is 4.98 Å². The summed E-state index contributed by atoms with van der Waals surface area (Å²) in [5.74, 6) is -0.0865. The van der Waals surface area contributed by atoms with Gasteiger partial charge in [-0.2, -0.15) is 0 Å². The molecule has 0 unspecified atom stereocenters. The number of hydrogen-bond donors (Lipinski definition) is 0. The van der Waals surface area contributed by atoms with Gasteiger partial charge in [0.15, 0.2) is 0 Å². The Bertz CT molecular complexity index is 599. The molecule has 0 N–H and O–H groups in total. The first-order chi connectivity index (χ1) is 9.61. The number of hydrogen-bond acceptors (Lipinski definition) is 2. The van der Waals surface area contributed by atoms with Gasteiger partial charge in [-0.15, -0.1) is 0 Å². The molecular formula is C15H14Cl2N2O. The van der Waals surface area contributed by atoms with Crippen LogP contribution in [0.2, 0.25) is 10.2 Å². The largest absolute Gasteiger partial charge is 0.334 e. The summed E-state index contributed by atoms with van der Waals surface area (Å²) in [6, 6.07) is 10.8. The number of carbonyl (C=O) groups is 1. The highest BCUT2D eigenvalue weighted by Gasteiger charge is 2.15. The lowest BCUT2D eigenvalue weighted by molar-refractivity contribution is 0.0752. The minimum atomic E-state index is -0.0865. The third kappa shape index (κ3) is 3.50. The predicted molar refractivity (Wildman–Crippen MR) is 81.1 cm³/mol. The number of carbonyl (C=O) groups excluding carboxylic acids is 1. The SMILES string of the molecule is CCN(Cc1ccccc1Cl)C(=O)c1ccc(Cl)nc1. The first-order valence-electron chi connectivity index (χ1n) is 6.26. The van der Waals surface area contributed by atoms with Crippen molar-refractivity contribution in [2.45, 2.75) is 13.5 Å². The number of benzene rings is 1. The molecule has 0 atom stereocenters. The predicted octanol–water partition coefficient (Wildman–Crippen LogP) is 4.05. The van der Waals surface area contributed by atoms with E-state index in [-0.39, 0.29) is 5.91 Å².